The Hall–Kier alpha value is -2.70. The molecular weight excluding hydrogens is 467 g/mol. The first-order valence-corrected chi connectivity index (χ1v) is 11.9. The molecule has 3 heterocycles. The van der Waals surface area contributed by atoms with Gasteiger partial charge in [-0.05, 0) is 69.2 Å². The average Bonchev–Trinajstić information content (AvgIpc) is 3.14. The number of ether oxygens (including phenoxy) is 2. The van der Waals surface area contributed by atoms with Gasteiger partial charge in [-0.1, -0.05) is 0 Å². The normalized spacial score (nSPS) is 17.4. The van der Waals surface area contributed by atoms with Crippen molar-refractivity contribution in [2.45, 2.75) is 98.2 Å². The zero-order valence-corrected chi connectivity index (χ0v) is 22.8. The van der Waals surface area contributed by atoms with Gasteiger partial charge in [0.05, 0.1) is 23.2 Å². The second-order valence-electron chi connectivity index (χ2n) is 11.8. The summed E-state index contributed by atoms with van der Waals surface area (Å²) in [6.45, 7) is 17.9. The summed E-state index contributed by atoms with van der Waals surface area (Å²) < 4.78 is 25.3. The summed E-state index contributed by atoms with van der Waals surface area (Å²) in [7, 11) is -0.846. The molecule has 1 N–H and O–H groups in total. The van der Waals surface area contributed by atoms with Gasteiger partial charge in [0.2, 0.25) is 0 Å². The lowest BCUT2D eigenvalue weighted by Gasteiger charge is -2.32. The molecule has 0 spiro atoms. The summed E-state index contributed by atoms with van der Waals surface area (Å²) >= 11 is 0. The number of aliphatic hydroxyl groups excluding tert-OH is 1. The topological polar surface area (TPSA) is 125 Å². The fourth-order valence-corrected chi connectivity index (χ4v) is 3.60. The highest BCUT2D eigenvalue weighted by atomic mass is 16.7. The molecule has 0 aliphatic carbocycles. The van der Waals surface area contributed by atoms with E-state index in [1.54, 1.807) is 52.3 Å². The van der Waals surface area contributed by atoms with Crippen LogP contribution in [0, 0.1) is 0 Å². The molecule has 0 unspecified atom stereocenters. The number of amides is 2. The van der Waals surface area contributed by atoms with Crippen LogP contribution in [0.4, 0.5) is 15.4 Å². The number of aromatic nitrogens is 3. The number of carbonyl (C=O) groups is 2. The molecule has 2 aromatic rings. The number of rotatable bonds is 4. The third-order valence-corrected chi connectivity index (χ3v) is 5.87. The van der Waals surface area contributed by atoms with Crippen molar-refractivity contribution in [2.24, 2.45) is 0 Å². The van der Waals surface area contributed by atoms with Crippen LogP contribution >= 0.6 is 0 Å². The number of imide groups is 1. The predicted molar refractivity (Wildman–Crippen MR) is 135 cm³/mol. The van der Waals surface area contributed by atoms with Crippen molar-refractivity contribution in [1.29, 1.82) is 0 Å². The highest BCUT2D eigenvalue weighted by Crippen LogP contribution is 2.38. The summed E-state index contributed by atoms with van der Waals surface area (Å²) in [5, 5.41) is 9.99. The SMILES string of the molecule is CC(C)(C)OC(=O)N(C(=O)OC(C)(C)C)c1ncnc2c1c(B1OC(C)(C)C(C)(C)O1)cn2CCO. The summed E-state index contributed by atoms with van der Waals surface area (Å²) in [5.74, 6) is -0.0371. The Kier molecular flexibility index (Phi) is 7.21. The van der Waals surface area contributed by atoms with Gasteiger partial charge in [0.15, 0.2) is 5.82 Å². The average molecular weight is 504 g/mol. The molecule has 0 radical (unpaired) electrons. The molecule has 1 fully saturated rings. The molecule has 2 aromatic heterocycles. The Morgan fingerprint density at radius 3 is 1.94 bits per heavy atom. The monoisotopic (exact) mass is 504 g/mol. The van der Waals surface area contributed by atoms with Crippen LogP contribution in [0.2, 0.25) is 0 Å². The number of anilines is 1. The number of carbonyl (C=O) groups excluding carboxylic acids is 2. The van der Waals surface area contributed by atoms with Crippen LogP contribution in [-0.4, -0.2) is 68.0 Å². The molecule has 3 rings (SSSR count). The van der Waals surface area contributed by atoms with Crippen molar-refractivity contribution >= 4 is 41.6 Å². The minimum Gasteiger partial charge on any atom is -0.443 e. The summed E-state index contributed by atoms with van der Waals surface area (Å²) in [4.78, 5) is 36.1. The quantitative estimate of drug-likeness (QED) is 0.624. The summed E-state index contributed by atoms with van der Waals surface area (Å²) in [5.41, 5.74) is -2.17. The summed E-state index contributed by atoms with van der Waals surface area (Å²) in [6.07, 6.45) is 1.06. The van der Waals surface area contributed by atoms with Crippen molar-refractivity contribution < 1.29 is 33.5 Å². The lowest BCUT2D eigenvalue weighted by molar-refractivity contribution is 0.00578. The van der Waals surface area contributed by atoms with Gasteiger partial charge in [0, 0.05) is 18.2 Å². The second kappa shape index (κ2) is 9.31. The maximum atomic E-state index is 13.3. The van der Waals surface area contributed by atoms with E-state index >= 15 is 0 Å². The van der Waals surface area contributed by atoms with Gasteiger partial charge in [0.1, 0.15) is 23.2 Å². The van der Waals surface area contributed by atoms with Crippen LogP contribution in [0.1, 0.15) is 69.2 Å². The lowest BCUT2D eigenvalue weighted by atomic mass is 9.79. The molecule has 1 aliphatic heterocycles. The highest BCUT2D eigenvalue weighted by molar-refractivity contribution is 6.65. The molecule has 1 aliphatic rings. The molecule has 36 heavy (non-hydrogen) atoms. The fourth-order valence-electron chi connectivity index (χ4n) is 3.60. The first-order valence-electron chi connectivity index (χ1n) is 11.9. The van der Waals surface area contributed by atoms with Crippen LogP contribution in [0.3, 0.4) is 0 Å². The van der Waals surface area contributed by atoms with Gasteiger partial charge in [-0.15, -0.1) is 0 Å². The van der Waals surface area contributed by atoms with Gasteiger partial charge in [-0.2, -0.15) is 4.90 Å². The lowest BCUT2D eigenvalue weighted by Crippen LogP contribution is -2.45. The Bertz CT molecular complexity index is 1100. The minimum atomic E-state index is -0.952. The third kappa shape index (κ3) is 5.65. The van der Waals surface area contributed by atoms with Crippen LogP contribution in [0.15, 0.2) is 12.5 Å². The Morgan fingerprint density at radius 1 is 1.00 bits per heavy atom. The molecular formula is C24H37BN4O7. The molecule has 12 heteroatoms. The minimum absolute atomic E-state index is 0.0371. The molecule has 0 atom stereocenters. The number of hydrogen-bond donors (Lipinski definition) is 1. The zero-order chi connectivity index (χ0) is 27.3. The van der Waals surface area contributed by atoms with Crippen LogP contribution in [0.25, 0.3) is 11.0 Å². The van der Waals surface area contributed by atoms with Crippen molar-refractivity contribution in [2.75, 3.05) is 11.5 Å². The standard InChI is InChI=1S/C24H37BN4O7/c1-21(2,3)33-19(31)29(20(32)34-22(4,5)6)18-16-15(25-35-23(7,8)24(9,10)36-25)13-28(11-12-30)17(16)26-14-27-18/h13-14,30H,11-12H2,1-10H3. The second-order valence-corrected chi connectivity index (χ2v) is 11.8. The van der Waals surface area contributed by atoms with Crippen LogP contribution in [-0.2, 0) is 25.3 Å². The molecule has 0 saturated carbocycles. The van der Waals surface area contributed by atoms with Crippen LogP contribution in [0.5, 0.6) is 0 Å². The van der Waals surface area contributed by atoms with E-state index in [1.807, 2.05) is 27.7 Å². The molecule has 0 bridgehead atoms. The van der Waals surface area contributed by atoms with Crippen molar-refractivity contribution in [1.82, 2.24) is 14.5 Å². The molecule has 1 saturated heterocycles. The van der Waals surface area contributed by atoms with Crippen molar-refractivity contribution in [3.8, 4) is 0 Å². The van der Waals surface area contributed by atoms with Gasteiger partial charge in [-0.25, -0.2) is 19.6 Å². The third-order valence-electron chi connectivity index (χ3n) is 5.87. The largest absolute Gasteiger partial charge is 0.497 e. The smallest absolute Gasteiger partial charge is 0.443 e. The van der Waals surface area contributed by atoms with Gasteiger partial charge in [0.25, 0.3) is 0 Å². The summed E-state index contributed by atoms with van der Waals surface area (Å²) in [6, 6.07) is 0. The van der Waals surface area contributed by atoms with E-state index in [-0.39, 0.29) is 19.0 Å². The van der Waals surface area contributed by atoms with E-state index in [0.717, 1.165) is 4.90 Å². The number of hydrogen-bond acceptors (Lipinski definition) is 9. The van der Waals surface area contributed by atoms with E-state index in [0.29, 0.717) is 16.5 Å². The van der Waals surface area contributed by atoms with Gasteiger partial charge < -0.3 is 28.5 Å². The van der Waals surface area contributed by atoms with Crippen molar-refractivity contribution in [3.63, 3.8) is 0 Å². The number of aliphatic hydroxyl groups is 1. The van der Waals surface area contributed by atoms with E-state index < -0.39 is 41.7 Å². The number of nitrogens with zero attached hydrogens (tertiary/aromatic N) is 4. The Labute approximate surface area is 212 Å². The number of fused-ring (bicyclic) bond motifs is 1. The van der Waals surface area contributed by atoms with E-state index in [9.17, 15) is 14.7 Å². The Morgan fingerprint density at radius 2 is 1.50 bits per heavy atom. The zero-order valence-electron chi connectivity index (χ0n) is 22.8. The molecule has 0 aromatic carbocycles. The first kappa shape index (κ1) is 27.9. The molecule has 11 nitrogen and oxygen atoms in total. The van der Waals surface area contributed by atoms with Crippen molar-refractivity contribution in [3.05, 3.63) is 12.5 Å². The van der Waals surface area contributed by atoms with E-state index in [4.69, 9.17) is 18.8 Å². The fraction of sp³-hybridized carbons (Fsp3) is 0.667. The highest BCUT2D eigenvalue weighted by Gasteiger charge is 2.53. The molecule has 2 amide bonds. The van der Waals surface area contributed by atoms with Crippen LogP contribution < -0.4 is 10.4 Å². The van der Waals surface area contributed by atoms with Gasteiger partial charge in [-0.3, -0.25) is 0 Å². The maximum Gasteiger partial charge on any atom is 0.497 e. The Balaban J connectivity index is 2.25. The molecule has 198 valence electrons. The van der Waals surface area contributed by atoms with E-state index in [1.165, 1.54) is 6.33 Å². The predicted octanol–water partition coefficient (Wildman–Crippen LogP) is 3.40. The van der Waals surface area contributed by atoms with E-state index in [2.05, 4.69) is 9.97 Å². The first-order chi connectivity index (χ1) is 16.4. The maximum absolute atomic E-state index is 13.3. The van der Waals surface area contributed by atoms with Gasteiger partial charge >= 0.3 is 19.3 Å².